The van der Waals surface area contributed by atoms with Gasteiger partial charge in [-0.1, -0.05) is 30.7 Å². The molecule has 0 fully saturated rings. The van der Waals surface area contributed by atoms with Gasteiger partial charge in [0, 0.05) is 11.6 Å². The lowest BCUT2D eigenvalue weighted by atomic mass is 10.2. The van der Waals surface area contributed by atoms with Crippen LogP contribution in [0.15, 0.2) is 54.7 Å². The molecule has 1 unspecified atom stereocenters. The molecule has 0 aliphatic heterocycles. The van der Waals surface area contributed by atoms with E-state index >= 15 is 0 Å². The first-order valence-electron chi connectivity index (χ1n) is 9.78. The first kappa shape index (κ1) is 23.6. The number of benzene rings is 2. The van der Waals surface area contributed by atoms with Gasteiger partial charge >= 0.3 is 6.18 Å². The van der Waals surface area contributed by atoms with Gasteiger partial charge in [-0.05, 0) is 42.8 Å². The largest absolute Gasteiger partial charge is 0.491 e. The molecule has 0 aliphatic rings. The van der Waals surface area contributed by atoms with E-state index in [0.29, 0.717) is 28.4 Å². The number of aliphatic hydroxyl groups excluding tert-OH is 1. The number of alkyl halides is 3. The van der Waals surface area contributed by atoms with Gasteiger partial charge in [-0.25, -0.2) is 4.68 Å². The van der Waals surface area contributed by atoms with Crippen molar-refractivity contribution in [2.45, 2.75) is 25.6 Å². The molecule has 0 saturated heterocycles. The minimum absolute atomic E-state index is 0.0266. The number of aromatic nitrogens is 2. The van der Waals surface area contributed by atoms with Gasteiger partial charge in [0.15, 0.2) is 0 Å². The minimum Gasteiger partial charge on any atom is -0.491 e. The molecule has 3 aromatic rings. The lowest BCUT2D eigenvalue weighted by Gasteiger charge is -2.14. The number of nitrogens with one attached hydrogen (secondary N) is 1. The van der Waals surface area contributed by atoms with Gasteiger partial charge in [-0.3, -0.25) is 4.79 Å². The summed E-state index contributed by atoms with van der Waals surface area (Å²) in [4.78, 5) is 12.6. The number of hydrogen-bond acceptors (Lipinski definition) is 4. The van der Waals surface area contributed by atoms with Crippen LogP contribution < -0.4 is 10.1 Å². The molecule has 0 bridgehead atoms. The SMILES string of the molecule is CCc1c(C(=O)NCC(O)COc2cccc(C(F)(F)F)c2)cnn1-c1cccc(Cl)c1. The van der Waals surface area contributed by atoms with Gasteiger partial charge in [0.2, 0.25) is 0 Å². The molecule has 0 spiro atoms. The average molecular weight is 468 g/mol. The zero-order chi connectivity index (χ0) is 23.3. The van der Waals surface area contributed by atoms with E-state index in [2.05, 4.69) is 10.4 Å². The van der Waals surface area contributed by atoms with Crippen LogP contribution in [0.25, 0.3) is 5.69 Å². The fraction of sp³-hybridized carbons (Fsp3) is 0.273. The van der Waals surface area contributed by atoms with Crippen LogP contribution >= 0.6 is 11.6 Å². The lowest BCUT2D eigenvalue weighted by Crippen LogP contribution is -2.35. The molecule has 3 rings (SSSR count). The fourth-order valence-electron chi connectivity index (χ4n) is 3.05. The maximum absolute atomic E-state index is 12.8. The summed E-state index contributed by atoms with van der Waals surface area (Å²) in [6.07, 6.45) is -3.66. The number of carbonyl (C=O) groups excluding carboxylic acids is 1. The number of carbonyl (C=O) groups is 1. The highest BCUT2D eigenvalue weighted by atomic mass is 35.5. The van der Waals surface area contributed by atoms with E-state index in [1.54, 1.807) is 22.9 Å². The maximum Gasteiger partial charge on any atom is 0.416 e. The monoisotopic (exact) mass is 467 g/mol. The number of nitrogens with zero attached hydrogens (tertiary/aromatic N) is 2. The Bertz CT molecular complexity index is 1090. The van der Waals surface area contributed by atoms with Crippen LogP contribution in [0.2, 0.25) is 5.02 Å². The second-order valence-corrected chi connectivity index (χ2v) is 7.39. The van der Waals surface area contributed by atoms with E-state index in [0.717, 1.165) is 12.1 Å². The molecule has 32 heavy (non-hydrogen) atoms. The Balaban J connectivity index is 1.59. The standard InChI is InChI=1S/C22H21ClF3N3O3/c1-2-20-19(12-28-29(20)16-7-4-6-15(23)10-16)21(31)27-11-17(30)13-32-18-8-3-5-14(9-18)22(24,25)26/h3-10,12,17,30H,2,11,13H2,1H3,(H,27,31). The van der Waals surface area contributed by atoms with Gasteiger partial charge in [0.25, 0.3) is 5.91 Å². The first-order valence-corrected chi connectivity index (χ1v) is 10.2. The predicted molar refractivity (Wildman–Crippen MR) is 113 cm³/mol. The second-order valence-electron chi connectivity index (χ2n) is 6.95. The summed E-state index contributed by atoms with van der Waals surface area (Å²) in [5.41, 5.74) is 0.877. The van der Waals surface area contributed by atoms with Crippen molar-refractivity contribution in [2.75, 3.05) is 13.2 Å². The molecule has 2 aromatic carbocycles. The third-order valence-corrected chi connectivity index (χ3v) is 4.84. The summed E-state index contributed by atoms with van der Waals surface area (Å²) in [7, 11) is 0. The van der Waals surface area contributed by atoms with E-state index in [1.165, 1.54) is 18.3 Å². The van der Waals surface area contributed by atoms with Crippen molar-refractivity contribution >= 4 is 17.5 Å². The molecule has 1 heterocycles. The predicted octanol–water partition coefficient (Wildman–Crippen LogP) is 4.28. The van der Waals surface area contributed by atoms with E-state index in [9.17, 15) is 23.1 Å². The van der Waals surface area contributed by atoms with Crippen LogP contribution in [0, 0.1) is 0 Å². The van der Waals surface area contributed by atoms with Crippen LogP contribution in [0.3, 0.4) is 0 Å². The minimum atomic E-state index is -4.49. The van der Waals surface area contributed by atoms with Gasteiger partial charge in [-0.2, -0.15) is 18.3 Å². The number of rotatable bonds is 8. The molecule has 1 aromatic heterocycles. The maximum atomic E-state index is 12.8. The van der Waals surface area contributed by atoms with Crippen LogP contribution in [0.4, 0.5) is 13.2 Å². The van der Waals surface area contributed by atoms with Gasteiger partial charge in [0.1, 0.15) is 18.5 Å². The Morgan fingerprint density at radius 2 is 2.00 bits per heavy atom. The van der Waals surface area contributed by atoms with Crippen molar-refractivity contribution in [2.24, 2.45) is 0 Å². The summed E-state index contributed by atoms with van der Waals surface area (Å²) in [5, 5.41) is 17.5. The molecule has 6 nitrogen and oxygen atoms in total. The van der Waals surface area contributed by atoms with Crippen molar-refractivity contribution in [1.29, 1.82) is 0 Å². The number of amides is 1. The summed E-state index contributed by atoms with van der Waals surface area (Å²) >= 11 is 6.03. The van der Waals surface area contributed by atoms with Crippen LogP contribution in [-0.2, 0) is 12.6 Å². The molecule has 1 atom stereocenters. The molecule has 2 N–H and O–H groups in total. The number of aliphatic hydroxyl groups is 1. The highest BCUT2D eigenvalue weighted by molar-refractivity contribution is 6.30. The van der Waals surface area contributed by atoms with Crippen molar-refractivity contribution in [1.82, 2.24) is 15.1 Å². The third-order valence-electron chi connectivity index (χ3n) is 4.60. The van der Waals surface area contributed by atoms with Gasteiger partial charge in [-0.15, -0.1) is 0 Å². The summed E-state index contributed by atoms with van der Waals surface area (Å²) < 4.78 is 45.1. The smallest absolute Gasteiger partial charge is 0.416 e. The molecular formula is C22H21ClF3N3O3. The molecule has 0 aliphatic carbocycles. The first-order chi connectivity index (χ1) is 15.2. The third kappa shape index (κ3) is 5.80. The molecular weight excluding hydrogens is 447 g/mol. The fourth-order valence-corrected chi connectivity index (χ4v) is 3.24. The molecule has 10 heteroatoms. The van der Waals surface area contributed by atoms with E-state index in [1.807, 2.05) is 13.0 Å². The Kier molecular flexibility index (Phi) is 7.42. The number of hydrogen-bond donors (Lipinski definition) is 2. The molecule has 170 valence electrons. The Hall–Kier alpha value is -3.04. The van der Waals surface area contributed by atoms with Crippen LogP contribution in [0.1, 0.15) is 28.5 Å². The van der Waals surface area contributed by atoms with Crippen molar-refractivity contribution in [3.8, 4) is 11.4 Å². The highest BCUT2D eigenvalue weighted by Crippen LogP contribution is 2.31. The highest BCUT2D eigenvalue weighted by Gasteiger charge is 2.30. The summed E-state index contributed by atoms with van der Waals surface area (Å²) in [6.45, 7) is 1.44. The van der Waals surface area contributed by atoms with Crippen molar-refractivity contribution in [3.63, 3.8) is 0 Å². The summed E-state index contributed by atoms with van der Waals surface area (Å²) in [6, 6.07) is 11.4. The van der Waals surface area contributed by atoms with E-state index in [-0.39, 0.29) is 18.9 Å². The molecule has 1 amide bonds. The zero-order valence-electron chi connectivity index (χ0n) is 17.1. The van der Waals surface area contributed by atoms with Gasteiger partial charge < -0.3 is 15.2 Å². The Morgan fingerprint density at radius 1 is 1.25 bits per heavy atom. The Morgan fingerprint density at radius 3 is 2.69 bits per heavy atom. The van der Waals surface area contributed by atoms with E-state index < -0.39 is 23.8 Å². The quantitative estimate of drug-likeness (QED) is 0.518. The van der Waals surface area contributed by atoms with Crippen LogP contribution in [0.5, 0.6) is 5.75 Å². The number of ether oxygens (including phenoxy) is 1. The van der Waals surface area contributed by atoms with Crippen LogP contribution in [-0.4, -0.2) is 40.0 Å². The lowest BCUT2D eigenvalue weighted by molar-refractivity contribution is -0.137. The van der Waals surface area contributed by atoms with E-state index in [4.69, 9.17) is 16.3 Å². The second kappa shape index (κ2) is 10.1. The molecule has 0 saturated carbocycles. The topological polar surface area (TPSA) is 76.4 Å². The number of halogens is 4. The van der Waals surface area contributed by atoms with Gasteiger partial charge in [0.05, 0.1) is 28.7 Å². The summed E-state index contributed by atoms with van der Waals surface area (Å²) in [5.74, 6) is -0.463. The Labute approximate surface area is 187 Å². The zero-order valence-corrected chi connectivity index (χ0v) is 17.8. The van der Waals surface area contributed by atoms with Crippen molar-refractivity contribution in [3.05, 3.63) is 76.6 Å². The van der Waals surface area contributed by atoms with Crippen molar-refractivity contribution < 1.29 is 27.8 Å². The molecule has 0 radical (unpaired) electrons. The normalized spacial score (nSPS) is 12.4. The average Bonchev–Trinajstić information content (AvgIpc) is 3.20.